The van der Waals surface area contributed by atoms with Crippen LogP contribution >= 0.6 is 0 Å². The maximum atomic E-state index is 12.7. The average molecular weight is 473 g/mol. The summed E-state index contributed by atoms with van der Waals surface area (Å²) in [6.07, 6.45) is 1.07. The van der Waals surface area contributed by atoms with Crippen molar-refractivity contribution in [2.75, 3.05) is 31.3 Å². The second-order valence-corrected chi connectivity index (χ2v) is 8.58. The molecular formula is C28H32N4O3. The highest BCUT2D eigenvalue weighted by Gasteiger charge is 2.12. The fraction of sp³-hybridized carbons (Fsp3) is 0.250. The molecule has 7 heteroatoms. The Morgan fingerprint density at radius 1 is 0.857 bits per heavy atom. The highest BCUT2D eigenvalue weighted by molar-refractivity contribution is 5.98. The second kappa shape index (κ2) is 12.4. The van der Waals surface area contributed by atoms with Gasteiger partial charge in [0.2, 0.25) is 11.8 Å². The molecule has 0 bridgehead atoms. The minimum atomic E-state index is -0.228. The monoisotopic (exact) mass is 472 g/mol. The van der Waals surface area contributed by atoms with E-state index in [2.05, 4.69) is 16.0 Å². The van der Waals surface area contributed by atoms with Crippen LogP contribution in [0.4, 0.5) is 11.4 Å². The van der Waals surface area contributed by atoms with Crippen molar-refractivity contribution in [2.45, 2.75) is 25.8 Å². The lowest BCUT2D eigenvalue weighted by molar-refractivity contribution is -0.128. The normalized spacial score (nSPS) is 11.3. The number of anilines is 2. The molecule has 3 amide bonds. The van der Waals surface area contributed by atoms with Gasteiger partial charge in [0.05, 0.1) is 12.6 Å². The van der Waals surface area contributed by atoms with Crippen molar-refractivity contribution in [3.05, 3.63) is 95.6 Å². The molecule has 0 fully saturated rings. The molecule has 3 rings (SSSR count). The molecule has 35 heavy (non-hydrogen) atoms. The number of aryl methyl sites for hydroxylation is 1. The molecule has 7 nitrogen and oxygen atoms in total. The van der Waals surface area contributed by atoms with Gasteiger partial charge in [-0.15, -0.1) is 0 Å². The van der Waals surface area contributed by atoms with Gasteiger partial charge in [-0.1, -0.05) is 48.5 Å². The zero-order valence-electron chi connectivity index (χ0n) is 20.4. The lowest BCUT2D eigenvalue weighted by Crippen LogP contribution is -2.27. The fourth-order valence-corrected chi connectivity index (χ4v) is 3.54. The van der Waals surface area contributed by atoms with Crippen LogP contribution < -0.4 is 16.0 Å². The van der Waals surface area contributed by atoms with Gasteiger partial charge in [0.15, 0.2) is 0 Å². The molecule has 182 valence electrons. The Morgan fingerprint density at radius 2 is 1.57 bits per heavy atom. The maximum Gasteiger partial charge on any atom is 0.251 e. The molecule has 0 aliphatic rings. The molecule has 0 saturated carbocycles. The summed E-state index contributed by atoms with van der Waals surface area (Å²) in [5.74, 6) is -0.360. The SMILES string of the molecule is CC(NC(=O)c1cccc(NC(=O)CNc2cccc(CCC(=O)N(C)C)c2)c1)c1ccccc1. The molecule has 3 aromatic carbocycles. The molecule has 0 saturated heterocycles. The van der Waals surface area contributed by atoms with Crippen LogP contribution in [0.2, 0.25) is 0 Å². The van der Waals surface area contributed by atoms with E-state index in [-0.39, 0.29) is 30.3 Å². The molecule has 0 spiro atoms. The number of nitrogens with one attached hydrogen (secondary N) is 3. The first kappa shape index (κ1) is 25.5. The Labute approximate surface area is 206 Å². The standard InChI is InChI=1S/C28H32N4O3/c1-20(22-10-5-4-6-11-22)30-28(35)23-12-8-14-25(18-23)31-26(33)19-29-24-13-7-9-21(17-24)15-16-27(34)32(2)3/h4-14,17-18,20,29H,15-16,19H2,1-3H3,(H,30,35)(H,31,33). The van der Waals surface area contributed by atoms with Crippen LogP contribution in [0.25, 0.3) is 0 Å². The number of rotatable bonds is 10. The third kappa shape index (κ3) is 7.99. The van der Waals surface area contributed by atoms with E-state index >= 15 is 0 Å². The molecule has 3 N–H and O–H groups in total. The summed E-state index contributed by atoms with van der Waals surface area (Å²) < 4.78 is 0. The predicted molar refractivity (Wildman–Crippen MR) is 139 cm³/mol. The second-order valence-electron chi connectivity index (χ2n) is 8.58. The molecule has 0 aromatic heterocycles. The maximum absolute atomic E-state index is 12.7. The molecule has 0 heterocycles. The van der Waals surface area contributed by atoms with Crippen molar-refractivity contribution in [1.29, 1.82) is 0 Å². The van der Waals surface area contributed by atoms with Crippen LogP contribution in [0.3, 0.4) is 0 Å². The Kier molecular flexibility index (Phi) is 9.01. The summed E-state index contributed by atoms with van der Waals surface area (Å²) in [6, 6.07) is 24.1. The Morgan fingerprint density at radius 3 is 2.31 bits per heavy atom. The van der Waals surface area contributed by atoms with Crippen LogP contribution in [0.15, 0.2) is 78.9 Å². The first-order chi connectivity index (χ1) is 16.8. The fourth-order valence-electron chi connectivity index (χ4n) is 3.54. The van der Waals surface area contributed by atoms with Gasteiger partial charge in [0.25, 0.3) is 5.91 Å². The van der Waals surface area contributed by atoms with Gasteiger partial charge >= 0.3 is 0 Å². The van der Waals surface area contributed by atoms with E-state index in [9.17, 15) is 14.4 Å². The average Bonchev–Trinajstić information content (AvgIpc) is 2.87. The summed E-state index contributed by atoms with van der Waals surface area (Å²) >= 11 is 0. The zero-order chi connectivity index (χ0) is 25.2. The van der Waals surface area contributed by atoms with Gasteiger partial charge in [-0.3, -0.25) is 14.4 Å². The number of amides is 3. The number of carbonyl (C=O) groups excluding carboxylic acids is 3. The van der Waals surface area contributed by atoms with E-state index in [1.165, 1.54) is 0 Å². The number of nitrogens with zero attached hydrogens (tertiary/aromatic N) is 1. The summed E-state index contributed by atoms with van der Waals surface area (Å²) in [5.41, 5.74) is 3.86. The number of hydrogen-bond acceptors (Lipinski definition) is 4. The molecular weight excluding hydrogens is 440 g/mol. The van der Waals surface area contributed by atoms with Gasteiger partial charge < -0.3 is 20.9 Å². The Bertz CT molecular complexity index is 1160. The molecule has 0 radical (unpaired) electrons. The summed E-state index contributed by atoms with van der Waals surface area (Å²) in [7, 11) is 3.48. The lowest BCUT2D eigenvalue weighted by Gasteiger charge is -2.15. The van der Waals surface area contributed by atoms with E-state index in [0.717, 1.165) is 16.8 Å². The summed E-state index contributed by atoms with van der Waals surface area (Å²) in [5, 5.41) is 8.92. The quantitative estimate of drug-likeness (QED) is 0.412. The van der Waals surface area contributed by atoms with Crippen LogP contribution in [-0.2, 0) is 16.0 Å². The minimum Gasteiger partial charge on any atom is -0.376 e. The van der Waals surface area contributed by atoms with Crippen molar-refractivity contribution in [3.63, 3.8) is 0 Å². The first-order valence-corrected chi connectivity index (χ1v) is 11.6. The van der Waals surface area contributed by atoms with Crippen molar-refractivity contribution >= 4 is 29.1 Å². The number of carbonyl (C=O) groups is 3. The third-order valence-electron chi connectivity index (χ3n) is 5.56. The van der Waals surface area contributed by atoms with Crippen molar-refractivity contribution in [1.82, 2.24) is 10.2 Å². The van der Waals surface area contributed by atoms with E-state index in [1.807, 2.05) is 61.5 Å². The van der Waals surface area contributed by atoms with Gasteiger partial charge in [-0.2, -0.15) is 0 Å². The van der Waals surface area contributed by atoms with E-state index in [0.29, 0.717) is 24.1 Å². The smallest absolute Gasteiger partial charge is 0.251 e. The van der Waals surface area contributed by atoms with E-state index in [4.69, 9.17) is 0 Å². The van der Waals surface area contributed by atoms with Crippen LogP contribution in [0, 0.1) is 0 Å². The van der Waals surface area contributed by atoms with Gasteiger partial charge in [-0.25, -0.2) is 0 Å². The Hall–Kier alpha value is -4.13. The van der Waals surface area contributed by atoms with Crippen LogP contribution in [-0.4, -0.2) is 43.3 Å². The van der Waals surface area contributed by atoms with Crippen LogP contribution in [0.5, 0.6) is 0 Å². The van der Waals surface area contributed by atoms with E-state index in [1.54, 1.807) is 43.3 Å². The van der Waals surface area contributed by atoms with Gasteiger partial charge in [0, 0.05) is 37.5 Å². The van der Waals surface area contributed by atoms with Crippen molar-refractivity contribution < 1.29 is 14.4 Å². The highest BCUT2D eigenvalue weighted by atomic mass is 16.2. The lowest BCUT2D eigenvalue weighted by atomic mass is 10.1. The summed E-state index contributed by atoms with van der Waals surface area (Å²) in [4.78, 5) is 38.5. The van der Waals surface area contributed by atoms with Crippen molar-refractivity contribution in [2.24, 2.45) is 0 Å². The molecule has 0 aliphatic heterocycles. The zero-order valence-corrected chi connectivity index (χ0v) is 20.4. The van der Waals surface area contributed by atoms with Gasteiger partial charge in [0.1, 0.15) is 0 Å². The number of benzene rings is 3. The molecule has 1 unspecified atom stereocenters. The first-order valence-electron chi connectivity index (χ1n) is 11.6. The molecule has 3 aromatic rings. The van der Waals surface area contributed by atoms with Crippen molar-refractivity contribution in [3.8, 4) is 0 Å². The number of hydrogen-bond donors (Lipinski definition) is 3. The molecule has 0 aliphatic carbocycles. The highest BCUT2D eigenvalue weighted by Crippen LogP contribution is 2.16. The van der Waals surface area contributed by atoms with E-state index < -0.39 is 0 Å². The Balaban J connectivity index is 1.52. The summed E-state index contributed by atoms with van der Waals surface area (Å²) in [6.45, 7) is 2.00. The predicted octanol–water partition coefficient (Wildman–Crippen LogP) is 4.25. The van der Waals surface area contributed by atoms with Crippen LogP contribution in [0.1, 0.15) is 40.9 Å². The largest absolute Gasteiger partial charge is 0.376 e. The molecule has 1 atom stereocenters. The van der Waals surface area contributed by atoms with Gasteiger partial charge in [-0.05, 0) is 54.8 Å². The minimum absolute atomic E-state index is 0.0710. The topological polar surface area (TPSA) is 90.5 Å². The third-order valence-corrected chi connectivity index (χ3v) is 5.56.